The quantitative estimate of drug-likeness (QED) is 0.870. The minimum atomic E-state index is 0.601. The molecule has 0 aliphatic heterocycles. The van der Waals surface area contributed by atoms with Gasteiger partial charge in [0.2, 0.25) is 0 Å². The smallest absolute Gasteiger partial charge is 0.156 e. The Balaban J connectivity index is 1.99. The Bertz CT molecular complexity index is 526. The standard InChI is InChI=1S/C13H14ClN3/c1-8-12(9-2-4-10(14)5-3-9)13(17-16-8)15-11-6-7-11/h2-5,11H,6-7H2,1H3,(H2,15,16,17). The zero-order chi connectivity index (χ0) is 11.8. The van der Waals surface area contributed by atoms with Gasteiger partial charge in [-0.1, -0.05) is 23.7 Å². The monoisotopic (exact) mass is 247 g/mol. The Morgan fingerprint density at radius 3 is 2.65 bits per heavy atom. The third-order valence-electron chi connectivity index (χ3n) is 3.00. The predicted octanol–water partition coefficient (Wildman–Crippen LogP) is 3.61. The molecule has 0 saturated heterocycles. The minimum Gasteiger partial charge on any atom is -0.365 e. The van der Waals surface area contributed by atoms with Gasteiger partial charge in [0.1, 0.15) is 0 Å². The molecule has 0 atom stereocenters. The van der Waals surface area contributed by atoms with E-state index in [9.17, 15) is 0 Å². The Labute approximate surface area is 105 Å². The number of aryl methyl sites for hydroxylation is 1. The summed E-state index contributed by atoms with van der Waals surface area (Å²) in [5.41, 5.74) is 3.37. The van der Waals surface area contributed by atoms with E-state index in [1.165, 1.54) is 12.8 Å². The van der Waals surface area contributed by atoms with Crippen LogP contribution in [-0.2, 0) is 0 Å². The molecular formula is C13H14ClN3. The number of H-pyrrole nitrogens is 1. The Hall–Kier alpha value is -1.48. The molecule has 3 nitrogen and oxygen atoms in total. The zero-order valence-corrected chi connectivity index (χ0v) is 10.4. The van der Waals surface area contributed by atoms with E-state index in [-0.39, 0.29) is 0 Å². The van der Waals surface area contributed by atoms with Crippen molar-refractivity contribution in [2.45, 2.75) is 25.8 Å². The van der Waals surface area contributed by atoms with Gasteiger partial charge in [0, 0.05) is 22.3 Å². The third kappa shape index (κ3) is 2.15. The van der Waals surface area contributed by atoms with Crippen molar-refractivity contribution in [1.29, 1.82) is 0 Å². The first-order chi connectivity index (χ1) is 8.24. The highest BCUT2D eigenvalue weighted by Gasteiger charge is 2.24. The second kappa shape index (κ2) is 4.08. The Kier molecular flexibility index (Phi) is 2.56. The van der Waals surface area contributed by atoms with Gasteiger partial charge in [-0.05, 0) is 37.5 Å². The highest BCUT2D eigenvalue weighted by Crippen LogP contribution is 2.33. The number of aromatic amines is 1. The third-order valence-corrected chi connectivity index (χ3v) is 3.25. The summed E-state index contributed by atoms with van der Waals surface area (Å²) in [6.07, 6.45) is 2.48. The molecule has 0 spiro atoms. The molecule has 0 unspecified atom stereocenters. The molecule has 0 bridgehead atoms. The van der Waals surface area contributed by atoms with E-state index in [0.29, 0.717) is 6.04 Å². The maximum Gasteiger partial charge on any atom is 0.156 e. The molecule has 1 aliphatic rings. The number of rotatable bonds is 3. The van der Waals surface area contributed by atoms with Crippen LogP contribution in [0.2, 0.25) is 5.02 Å². The first kappa shape index (κ1) is 10.7. The molecule has 1 aromatic heterocycles. The van der Waals surface area contributed by atoms with Gasteiger partial charge in [-0.15, -0.1) is 0 Å². The topological polar surface area (TPSA) is 40.7 Å². The van der Waals surface area contributed by atoms with Gasteiger partial charge in [-0.25, -0.2) is 0 Å². The fraction of sp³-hybridized carbons (Fsp3) is 0.308. The van der Waals surface area contributed by atoms with Crippen LogP contribution in [0.3, 0.4) is 0 Å². The van der Waals surface area contributed by atoms with Crippen molar-refractivity contribution in [2.75, 3.05) is 5.32 Å². The molecule has 1 saturated carbocycles. The van der Waals surface area contributed by atoms with Crippen molar-refractivity contribution < 1.29 is 0 Å². The van der Waals surface area contributed by atoms with Gasteiger partial charge < -0.3 is 5.32 Å². The molecule has 1 fully saturated rings. The number of hydrogen-bond donors (Lipinski definition) is 2. The highest BCUT2D eigenvalue weighted by atomic mass is 35.5. The number of nitrogens with zero attached hydrogens (tertiary/aromatic N) is 1. The van der Waals surface area contributed by atoms with Crippen molar-refractivity contribution in [1.82, 2.24) is 10.2 Å². The molecule has 3 rings (SSSR count). The van der Waals surface area contributed by atoms with Crippen molar-refractivity contribution in [3.63, 3.8) is 0 Å². The summed E-state index contributed by atoms with van der Waals surface area (Å²) in [5.74, 6) is 0.951. The fourth-order valence-electron chi connectivity index (χ4n) is 1.92. The lowest BCUT2D eigenvalue weighted by Crippen LogP contribution is -2.02. The van der Waals surface area contributed by atoms with Crippen LogP contribution in [0.15, 0.2) is 24.3 Å². The van der Waals surface area contributed by atoms with Gasteiger partial charge in [0.05, 0.1) is 0 Å². The van der Waals surface area contributed by atoms with E-state index in [0.717, 1.165) is 27.7 Å². The summed E-state index contributed by atoms with van der Waals surface area (Å²) in [5, 5.41) is 11.6. The van der Waals surface area contributed by atoms with Crippen LogP contribution in [0, 0.1) is 6.92 Å². The number of aromatic nitrogens is 2. The predicted molar refractivity (Wildman–Crippen MR) is 70.4 cm³/mol. The zero-order valence-electron chi connectivity index (χ0n) is 9.63. The lowest BCUT2D eigenvalue weighted by atomic mass is 10.1. The van der Waals surface area contributed by atoms with Crippen LogP contribution in [0.5, 0.6) is 0 Å². The van der Waals surface area contributed by atoms with E-state index in [2.05, 4.69) is 15.5 Å². The summed E-state index contributed by atoms with van der Waals surface area (Å²) < 4.78 is 0. The molecule has 2 aromatic rings. The lowest BCUT2D eigenvalue weighted by Gasteiger charge is -2.06. The fourth-order valence-corrected chi connectivity index (χ4v) is 2.05. The van der Waals surface area contributed by atoms with Crippen molar-refractivity contribution in [3.05, 3.63) is 35.0 Å². The largest absolute Gasteiger partial charge is 0.365 e. The van der Waals surface area contributed by atoms with E-state index in [1.807, 2.05) is 31.2 Å². The van der Waals surface area contributed by atoms with E-state index < -0.39 is 0 Å². The average Bonchev–Trinajstić information content (AvgIpc) is 3.05. The number of anilines is 1. The van der Waals surface area contributed by atoms with Crippen molar-refractivity contribution in [2.24, 2.45) is 0 Å². The van der Waals surface area contributed by atoms with Crippen LogP contribution >= 0.6 is 11.6 Å². The number of nitrogens with one attached hydrogen (secondary N) is 2. The Morgan fingerprint density at radius 1 is 1.29 bits per heavy atom. The lowest BCUT2D eigenvalue weighted by molar-refractivity contribution is 1.02. The van der Waals surface area contributed by atoms with Gasteiger partial charge in [-0.2, -0.15) is 5.10 Å². The molecule has 17 heavy (non-hydrogen) atoms. The molecule has 4 heteroatoms. The first-order valence-electron chi connectivity index (χ1n) is 5.81. The molecule has 2 N–H and O–H groups in total. The molecule has 1 aliphatic carbocycles. The van der Waals surface area contributed by atoms with E-state index >= 15 is 0 Å². The summed E-state index contributed by atoms with van der Waals surface area (Å²) in [6.45, 7) is 2.04. The van der Waals surface area contributed by atoms with Gasteiger partial charge >= 0.3 is 0 Å². The van der Waals surface area contributed by atoms with Gasteiger partial charge in [0.15, 0.2) is 5.82 Å². The van der Waals surface area contributed by atoms with Crippen molar-refractivity contribution in [3.8, 4) is 11.1 Å². The molecule has 1 aromatic carbocycles. The van der Waals surface area contributed by atoms with Gasteiger partial charge in [0.25, 0.3) is 0 Å². The molecule has 0 radical (unpaired) electrons. The number of hydrogen-bond acceptors (Lipinski definition) is 2. The summed E-state index contributed by atoms with van der Waals surface area (Å²) in [6, 6.07) is 8.47. The summed E-state index contributed by atoms with van der Waals surface area (Å²) in [7, 11) is 0. The average molecular weight is 248 g/mol. The first-order valence-corrected chi connectivity index (χ1v) is 6.19. The van der Waals surface area contributed by atoms with E-state index in [1.54, 1.807) is 0 Å². The second-order valence-corrected chi connectivity index (χ2v) is 4.93. The molecule has 0 amide bonds. The van der Waals surface area contributed by atoms with Crippen LogP contribution in [0.25, 0.3) is 11.1 Å². The van der Waals surface area contributed by atoms with Crippen LogP contribution < -0.4 is 5.32 Å². The van der Waals surface area contributed by atoms with Crippen LogP contribution in [0.1, 0.15) is 18.5 Å². The molecule has 88 valence electrons. The molecule has 1 heterocycles. The normalized spacial score (nSPS) is 14.9. The van der Waals surface area contributed by atoms with Gasteiger partial charge in [-0.3, -0.25) is 5.10 Å². The summed E-state index contributed by atoms with van der Waals surface area (Å²) >= 11 is 5.91. The van der Waals surface area contributed by atoms with Crippen molar-refractivity contribution >= 4 is 17.4 Å². The highest BCUT2D eigenvalue weighted by molar-refractivity contribution is 6.30. The maximum absolute atomic E-state index is 5.91. The summed E-state index contributed by atoms with van der Waals surface area (Å²) in [4.78, 5) is 0. The number of benzene rings is 1. The Morgan fingerprint density at radius 2 is 2.00 bits per heavy atom. The SMILES string of the molecule is Cc1[nH]nc(NC2CC2)c1-c1ccc(Cl)cc1. The second-order valence-electron chi connectivity index (χ2n) is 4.50. The minimum absolute atomic E-state index is 0.601. The van der Waals surface area contributed by atoms with Crippen LogP contribution in [0.4, 0.5) is 5.82 Å². The molecular weight excluding hydrogens is 234 g/mol. The van der Waals surface area contributed by atoms with E-state index in [4.69, 9.17) is 11.6 Å². The number of halogens is 1. The van der Waals surface area contributed by atoms with Crippen LogP contribution in [-0.4, -0.2) is 16.2 Å². The maximum atomic E-state index is 5.91.